The highest BCUT2D eigenvalue weighted by Gasteiger charge is 2.15. The summed E-state index contributed by atoms with van der Waals surface area (Å²) in [6.07, 6.45) is 0.955. The van der Waals surface area contributed by atoms with Crippen molar-refractivity contribution >= 4 is 27.1 Å². The summed E-state index contributed by atoms with van der Waals surface area (Å²) < 4.78 is 25.8. The van der Waals surface area contributed by atoms with Gasteiger partial charge in [-0.25, -0.2) is 13.1 Å². The second kappa shape index (κ2) is 6.15. The average molecular weight is 305 g/mol. The molecule has 0 fully saturated rings. The van der Waals surface area contributed by atoms with Crippen LogP contribution in [0.2, 0.25) is 0 Å². The molecule has 2 aromatic rings. The summed E-state index contributed by atoms with van der Waals surface area (Å²) in [5, 5.41) is 3.22. The molecule has 0 radical (unpaired) electrons. The molecule has 0 aliphatic carbocycles. The maximum atomic E-state index is 11.8. The van der Waals surface area contributed by atoms with E-state index in [0.29, 0.717) is 0 Å². The van der Waals surface area contributed by atoms with Gasteiger partial charge < -0.3 is 11.1 Å². The maximum Gasteiger partial charge on any atom is 0.242 e. The Morgan fingerprint density at radius 2 is 1.81 bits per heavy atom. The minimum absolute atomic E-state index is 0.0814. The number of rotatable bonds is 5. The van der Waals surface area contributed by atoms with Crippen LogP contribution < -0.4 is 15.8 Å². The van der Waals surface area contributed by atoms with Crippen molar-refractivity contribution in [3.8, 4) is 0 Å². The van der Waals surface area contributed by atoms with Gasteiger partial charge in [-0.1, -0.05) is 19.1 Å². The Balaban J connectivity index is 2.28. The van der Waals surface area contributed by atoms with E-state index in [4.69, 9.17) is 5.73 Å². The van der Waals surface area contributed by atoms with Crippen molar-refractivity contribution in [2.45, 2.75) is 18.2 Å². The van der Waals surface area contributed by atoms with Gasteiger partial charge in [0.2, 0.25) is 10.0 Å². The first-order chi connectivity index (χ1) is 9.96. The van der Waals surface area contributed by atoms with Crippen LogP contribution in [0.5, 0.6) is 0 Å². The first kappa shape index (κ1) is 15.3. The third-order valence-corrected chi connectivity index (χ3v) is 4.68. The molecule has 2 rings (SSSR count). The molecule has 0 saturated heterocycles. The Morgan fingerprint density at radius 3 is 2.43 bits per heavy atom. The third kappa shape index (κ3) is 3.53. The van der Waals surface area contributed by atoms with Gasteiger partial charge in [0.1, 0.15) is 4.90 Å². The van der Waals surface area contributed by atoms with Crippen molar-refractivity contribution in [3.05, 3.63) is 48.0 Å². The number of hydrogen-bond donors (Lipinski definition) is 3. The maximum absolute atomic E-state index is 11.8. The summed E-state index contributed by atoms with van der Waals surface area (Å²) in [5.74, 6) is 0. The van der Waals surface area contributed by atoms with Gasteiger partial charge in [-0.05, 0) is 49.4 Å². The lowest BCUT2D eigenvalue weighted by molar-refractivity contribution is 0.588. The number of nitrogens with two attached hydrogens (primary N) is 1. The van der Waals surface area contributed by atoms with Gasteiger partial charge in [-0.3, -0.25) is 0 Å². The van der Waals surface area contributed by atoms with Crippen molar-refractivity contribution in [1.82, 2.24) is 4.72 Å². The minimum Gasteiger partial charge on any atom is -0.398 e. The van der Waals surface area contributed by atoms with E-state index < -0.39 is 10.0 Å². The molecule has 0 bridgehead atoms. The van der Waals surface area contributed by atoms with Crippen molar-refractivity contribution in [2.24, 2.45) is 0 Å². The van der Waals surface area contributed by atoms with Crippen molar-refractivity contribution < 1.29 is 8.42 Å². The lowest BCUT2D eigenvalue weighted by Gasteiger charge is -2.11. The standard InChI is InChI=1S/C15H19N3O2S/c1-3-11-5-4-6-12(9-11)18-13-7-8-15(14(16)10-13)21(19,20)17-2/h4-10,17-18H,3,16H2,1-2H3. The van der Waals surface area contributed by atoms with Gasteiger partial charge in [0, 0.05) is 11.4 Å². The zero-order valence-corrected chi connectivity index (χ0v) is 12.9. The highest BCUT2D eigenvalue weighted by molar-refractivity contribution is 7.89. The lowest BCUT2D eigenvalue weighted by atomic mass is 10.1. The molecule has 0 amide bonds. The molecule has 21 heavy (non-hydrogen) atoms. The molecule has 0 aliphatic heterocycles. The Labute approximate surface area is 125 Å². The highest BCUT2D eigenvalue weighted by atomic mass is 32.2. The Morgan fingerprint density at radius 1 is 1.10 bits per heavy atom. The summed E-state index contributed by atoms with van der Waals surface area (Å²) in [6.45, 7) is 2.09. The van der Waals surface area contributed by atoms with Crippen LogP contribution in [-0.4, -0.2) is 15.5 Å². The molecule has 112 valence electrons. The SMILES string of the molecule is CCc1cccc(Nc2ccc(S(=O)(=O)NC)c(N)c2)c1. The fraction of sp³-hybridized carbons (Fsp3) is 0.200. The Bertz CT molecular complexity index is 742. The predicted octanol–water partition coefficient (Wildman–Crippen LogP) is 2.48. The molecule has 0 spiro atoms. The molecule has 6 heteroatoms. The topological polar surface area (TPSA) is 84.2 Å². The first-order valence-corrected chi connectivity index (χ1v) is 8.13. The number of aryl methyl sites for hydroxylation is 1. The van der Waals surface area contributed by atoms with Crippen LogP contribution in [0.25, 0.3) is 0 Å². The van der Waals surface area contributed by atoms with Gasteiger partial charge in [-0.15, -0.1) is 0 Å². The van der Waals surface area contributed by atoms with E-state index in [1.165, 1.54) is 18.7 Å². The van der Waals surface area contributed by atoms with Crippen molar-refractivity contribution in [3.63, 3.8) is 0 Å². The van der Waals surface area contributed by atoms with Crippen LogP contribution in [0.4, 0.5) is 17.1 Å². The molecule has 4 N–H and O–H groups in total. The van der Waals surface area contributed by atoms with E-state index in [0.717, 1.165) is 17.8 Å². The Hall–Kier alpha value is -2.05. The molecule has 0 heterocycles. The largest absolute Gasteiger partial charge is 0.398 e. The average Bonchev–Trinajstić information content (AvgIpc) is 2.47. The predicted molar refractivity (Wildman–Crippen MR) is 86.2 cm³/mol. The summed E-state index contributed by atoms with van der Waals surface area (Å²) >= 11 is 0. The normalized spacial score (nSPS) is 11.3. The molecule has 0 unspecified atom stereocenters. The number of benzene rings is 2. The first-order valence-electron chi connectivity index (χ1n) is 6.65. The summed E-state index contributed by atoms with van der Waals surface area (Å²) in [7, 11) is -2.17. The van der Waals surface area contributed by atoms with Crippen LogP contribution in [0.1, 0.15) is 12.5 Å². The minimum atomic E-state index is -3.53. The smallest absolute Gasteiger partial charge is 0.242 e. The van der Waals surface area contributed by atoms with Crippen LogP contribution in [0, 0.1) is 0 Å². The summed E-state index contributed by atoms with van der Waals surface area (Å²) in [5.41, 5.74) is 8.96. The molecule has 0 aromatic heterocycles. The highest BCUT2D eigenvalue weighted by Crippen LogP contribution is 2.25. The molecule has 0 atom stereocenters. The van der Waals surface area contributed by atoms with Crippen LogP contribution in [-0.2, 0) is 16.4 Å². The number of nitrogens with one attached hydrogen (secondary N) is 2. The fourth-order valence-corrected chi connectivity index (χ4v) is 2.85. The Kier molecular flexibility index (Phi) is 4.50. The molecular formula is C15H19N3O2S. The van der Waals surface area contributed by atoms with E-state index in [1.807, 2.05) is 12.1 Å². The van der Waals surface area contributed by atoms with E-state index in [9.17, 15) is 8.42 Å². The number of anilines is 3. The van der Waals surface area contributed by atoms with Gasteiger partial charge in [0.05, 0.1) is 5.69 Å². The number of sulfonamides is 1. The zero-order valence-electron chi connectivity index (χ0n) is 12.1. The van der Waals surface area contributed by atoms with Crippen LogP contribution >= 0.6 is 0 Å². The monoisotopic (exact) mass is 305 g/mol. The fourth-order valence-electron chi connectivity index (χ4n) is 2.02. The number of hydrogen-bond acceptors (Lipinski definition) is 4. The summed E-state index contributed by atoms with van der Waals surface area (Å²) in [6, 6.07) is 12.8. The third-order valence-electron chi connectivity index (χ3n) is 3.19. The second-order valence-corrected chi connectivity index (χ2v) is 6.49. The van der Waals surface area contributed by atoms with E-state index in [2.05, 4.69) is 29.1 Å². The van der Waals surface area contributed by atoms with Gasteiger partial charge in [-0.2, -0.15) is 0 Å². The van der Waals surface area contributed by atoms with Gasteiger partial charge in [0.15, 0.2) is 0 Å². The molecular weight excluding hydrogens is 286 g/mol. The molecule has 0 saturated carbocycles. The summed E-state index contributed by atoms with van der Waals surface area (Å²) in [4.78, 5) is 0.0814. The lowest BCUT2D eigenvalue weighted by Crippen LogP contribution is -2.19. The van der Waals surface area contributed by atoms with E-state index in [1.54, 1.807) is 12.1 Å². The van der Waals surface area contributed by atoms with Crippen LogP contribution in [0.3, 0.4) is 0 Å². The van der Waals surface area contributed by atoms with Crippen molar-refractivity contribution in [1.29, 1.82) is 0 Å². The van der Waals surface area contributed by atoms with Gasteiger partial charge >= 0.3 is 0 Å². The molecule has 5 nitrogen and oxygen atoms in total. The van der Waals surface area contributed by atoms with Gasteiger partial charge in [0.25, 0.3) is 0 Å². The van der Waals surface area contributed by atoms with Crippen LogP contribution in [0.15, 0.2) is 47.4 Å². The second-order valence-electron chi connectivity index (χ2n) is 4.64. The van der Waals surface area contributed by atoms with E-state index in [-0.39, 0.29) is 10.6 Å². The zero-order chi connectivity index (χ0) is 15.5. The quantitative estimate of drug-likeness (QED) is 0.741. The number of nitrogen functional groups attached to an aromatic ring is 1. The molecule has 0 aliphatic rings. The van der Waals surface area contributed by atoms with E-state index >= 15 is 0 Å². The molecule has 2 aromatic carbocycles. The van der Waals surface area contributed by atoms with Crippen molar-refractivity contribution in [2.75, 3.05) is 18.1 Å².